The monoisotopic (exact) mass is 742 g/mol. The Morgan fingerprint density at radius 1 is 0.404 bits per heavy atom. The molecule has 1 heterocycles. The summed E-state index contributed by atoms with van der Waals surface area (Å²) in [7, 11) is 0. The normalized spacial score (nSPS) is 12.1. The topological polar surface area (TPSA) is 13.1 Å². The van der Waals surface area contributed by atoms with E-state index in [-0.39, 0.29) is 5.41 Å². The van der Waals surface area contributed by atoms with E-state index in [2.05, 4.69) is 195 Å². The lowest BCUT2D eigenvalue weighted by atomic mass is 9.81. The summed E-state index contributed by atoms with van der Waals surface area (Å²) in [5.74, 6) is 0. The Kier molecular flexibility index (Phi) is 11.6. The Morgan fingerprint density at radius 3 is 1.58 bits per heavy atom. The van der Waals surface area contributed by atoms with Gasteiger partial charge in [-0.25, -0.2) is 0 Å². The van der Waals surface area contributed by atoms with Crippen LogP contribution in [-0.2, 0) is 11.8 Å². The fourth-order valence-corrected chi connectivity index (χ4v) is 8.16. The van der Waals surface area contributed by atoms with E-state index in [1.807, 2.05) is 30.3 Å². The van der Waals surface area contributed by atoms with Gasteiger partial charge in [0.15, 0.2) is 0 Å². The summed E-state index contributed by atoms with van der Waals surface area (Å²) in [5, 5.41) is 5.21. The highest BCUT2D eigenvalue weighted by Crippen LogP contribution is 2.52. The maximum Gasteiger partial charge on any atom is 0.135 e. The van der Waals surface area contributed by atoms with Crippen molar-refractivity contribution in [3.63, 3.8) is 0 Å². The van der Waals surface area contributed by atoms with Crippen LogP contribution in [0.4, 0.5) is 0 Å². The van der Waals surface area contributed by atoms with Crippen molar-refractivity contribution < 1.29 is 4.42 Å². The molecule has 0 atom stereocenters. The zero-order valence-corrected chi connectivity index (χ0v) is 34.8. The van der Waals surface area contributed by atoms with Crippen molar-refractivity contribution in [1.82, 2.24) is 0 Å². The number of furan rings is 1. The van der Waals surface area contributed by atoms with Crippen molar-refractivity contribution in [3.05, 3.63) is 214 Å². The Balaban J connectivity index is 0.000000123. The molecule has 1 heteroatoms. The predicted octanol–water partition coefficient (Wildman–Crippen LogP) is 15.9. The number of fused-ring (bicyclic) bond motifs is 8. The van der Waals surface area contributed by atoms with Crippen molar-refractivity contribution in [3.8, 4) is 22.3 Å². The number of hydrogen-bond donors (Lipinski definition) is 0. The van der Waals surface area contributed by atoms with Gasteiger partial charge in [-0.15, -0.1) is 0 Å². The number of rotatable bonds is 2. The van der Waals surface area contributed by atoms with E-state index in [1.54, 1.807) is 0 Å². The largest absolute Gasteiger partial charge is 0.456 e. The molecule has 0 saturated carbocycles. The minimum absolute atomic E-state index is 0.0888. The second-order valence-electron chi connectivity index (χ2n) is 15.9. The fourth-order valence-electron chi connectivity index (χ4n) is 8.16. The average Bonchev–Trinajstić information content (AvgIpc) is 3.70. The molecule has 1 aliphatic rings. The molecule has 0 saturated heterocycles. The van der Waals surface area contributed by atoms with Gasteiger partial charge >= 0.3 is 0 Å². The third-order valence-corrected chi connectivity index (χ3v) is 11.4. The van der Waals surface area contributed by atoms with E-state index < -0.39 is 0 Å². The third kappa shape index (κ3) is 8.21. The molecule has 9 aromatic rings. The Bertz CT molecular complexity index is 2750. The van der Waals surface area contributed by atoms with E-state index in [4.69, 9.17) is 4.42 Å². The van der Waals surface area contributed by atoms with Crippen LogP contribution >= 0.6 is 0 Å². The zero-order chi connectivity index (χ0) is 40.1. The molecule has 8 aromatic carbocycles. The standard InChI is InChI=1S/C21H20.C14H12O.C14H14.C7H8/c1-13-9-10-17-18(11-13)21(3,4)19-12-14(2)15-7-5-6-8-16(15)20(17)19;1-2-10-7-8-14-12(9-10)11-5-3-4-6-13(11)15-14;1-11-7-3-5-9-13(11)14-10-6-4-8-12(14)2;1-7-5-3-2-4-6-7/h5-12H,1-4H3;3-9H,2H2,1H3;3-10H,1-2H3;2-6H,1H3. The molecule has 0 aliphatic heterocycles. The lowest BCUT2D eigenvalue weighted by molar-refractivity contribution is 0.659. The summed E-state index contributed by atoms with van der Waals surface area (Å²) in [6.07, 6.45) is 1.06. The smallest absolute Gasteiger partial charge is 0.135 e. The highest BCUT2D eigenvalue weighted by Gasteiger charge is 2.36. The Morgan fingerprint density at radius 2 is 0.965 bits per heavy atom. The minimum atomic E-state index is 0.0888. The molecule has 0 amide bonds. The Labute approximate surface area is 339 Å². The highest BCUT2D eigenvalue weighted by molar-refractivity contribution is 6.05. The maximum atomic E-state index is 5.75. The number of benzene rings is 8. The van der Waals surface area contributed by atoms with Gasteiger partial charge in [-0.2, -0.15) is 0 Å². The molecule has 0 spiro atoms. The van der Waals surface area contributed by atoms with E-state index in [0.717, 1.165) is 17.6 Å². The van der Waals surface area contributed by atoms with Crippen LogP contribution in [0, 0.1) is 34.6 Å². The van der Waals surface area contributed by atoms with Gasteiger partial charge in [0.25, 0.3) is 0 Å². The molecule has 284 valence electrons. The van der Waals surface area contributed by atoms with Crippen molar-refractivity contribution in [1.29, 1.82) is 0 Å². The van der Waals surface area contributed by atoms with E-state index in [1.165, 1.54) is 88.3 Å². The van der Waals surface area contributed by atoms with Crippen molar-refractivity contribution in [2.24, 2.45) is 0 Å². The molecule has 10 rings (SSSR count). The van der Waals surface area contributed by atoms with E-state index >= 15 is 0 Å². The van der Waals surface area contributed by atoms with Gasteiger partial charge in [0, 0.05) is 16.2 Å². The number of hydrogen-bond acceptors (Lipinski definition) is 1. The third-order valence-electron chi connectivity index (χ3n) is 11.4. The second kappa shape index (κ2) is 16.9. The molecule has 57 heavy (non-hydrogen) atoms. The van der Waals surface area contributed by atoms with Crippen molar-refractivity contribution >= 4 is 32.7 Å². The summed E-state index contributed by atoms with van der Waals surface area (Å²) in [4.78, 5) is 0. The van der Waals surface area contributed by atoms with Gasteiger partial charge in [-0.3, -0.25) is 0 Å². The van der Waals surface area contributed by atoms with Gasteiger partial charge in [-0.05, 0) is 126 Å². The van der Waals surface area contributed by atoms with Crippen LogP contribution in [0.2, 0.25) is 0 Å². The first-order valence-corrected chi connectivity index (χ1v) is 20.2. The molecular weight excluding hydrogens is 689 g/mol. The van der Waals surface area contributed by atoms with Gasteiger partial charge in [0.1, 0.15) is 11.2 Å². The van der Waals surface area contributed by atoms with Gasteiger partial charge in [-0.1, -0.05) is 184 Å². The van der Waals surface area contributed by atoms with Crippen LogP contribution < -0.4 is 0 Å². The summed E-state index contributed by atoms with van der Waals surface area (Å²) >= 11 is 0. The van der Waals surface area contributed by atoms with Crippen LogP contribution in [0.1, 0.15) is 65.3 Å². The first-order chi connectivity index (χ1) is 27.6. The van der Waals surface area contributed by atoms with Crippen LogP contribution in [0.5, 0.6) is 0 Å². The molecular formula is C56H54O. The van der Waals surface area contributed by atoms with Crippen LogP contribution in [0.15, 0.2) is 174 Å². The number of para-hydroxylation sites is 1. The molecule has 0 radical (unpaired) electrons. The number of aryl methyl sites for hydroxylation is 6. The minimum Gasteiger partial charge on any atom is -0.456 e. The van der Waals surface area contributed by atoms with Gasteiger partial charge < -0.3 is 4.42 Å². The van der Waals surface area contributed by atoms with Gasteiger partial charge in [0.05, 0.1) is 0 Å². The maximum absolute atomic E-state index is 5.75. The zero-order valence-electron chi connectivity index (χ0n) is 34.8. The predicted molar refractivity (Wildman–Crippen MR) is 247 cm³/mol. The molecule has 1 nitrogen and oxygen atoms in total. The quantitative estimate of drug-likeness (QED) is 0.172. The van der Waals surface area contributed by atoms with E-state index in [9.17, 15) is 0 Å². The molecule has 0 fully saturated rings. The molecule has 0 bridgehead atoms. The summed E-state index contributed by atoms with van der Waals surface area (Å²) < 4.78 is 5.75. The first kappa shape index (κ1) is 39.1. The second-order valence-corrected chi connectivity index (χ2v) is 15.9. The first-order valence-electron chi connectivity index (χ1n) is 20.2. The van der Waals surface area contributed by atoms with Gasteiger partial charge in [0.2, 0.25) is 0 Å². The molecule has 1 aromatic heterocycles. The molecule has 1 aliphatic carbocycles. The van der Waals surface area contributed by atoms with Crippen LogP contribution in [0.3, 0.4) is 0 Å². The van der Waals surface area contributed by atoms with Crippen LogP contribution in [0.25, 0.3) is 55.0 Å². The summed E-state index contributed by atoms with van der Waals surface area (Å²) in [6.45, 7) is 17.7. The Hall–Kier alpha value is -6.18. The van der Waals surface area contributed by atoms with Crippen LogP contribution in [-0.4, -0.2) is 0 Å². The lowest BCUT2D eigenvalue weighted by Gasteiger charge is -2.22. The summed E-state index contributed by atoms with van der Waals surface area (Å²) in [5.41, 5.74) is 18.6. The fraction of sp³-hybridized carbons (Fsp3) is 0.179. The highest BCUT2D eigenvalue weighted by atomic mass is 16.3. The lowest BCUT2D eigenvalue weighted by Crippen LogP contribution is -2.15. The average molecular weight is 743 g/mol. The van der Waals surface area contributed by atoms with E-state index in [0.29, 0.717) is 0 Å². The summed E-state index contributed by atoms with van der Waals surface area (Å²) in [6, 6.07) is 60.0. The molecule has 0 unspecified atom stereocenters. The van der Waals surface area contributed by atoms with Crippen molar-refractivity contribution in [2.75, 3.05) is 0 Å². The SMILES string of the molecule is CCc1ccc2oc3ccccc3c2c1.Cc1ccc2c(c1)C(C)(C)c1cc(C)c3ccccc3c1-2.Cc1ccccc1.Cc1ccccc1-c1ccccc1C. The molecule has 0 N–H and O–H groups in total. The van der Waals surface area contributed by atoms with Crippen molar-refractivity contribution in [2.45, 2.75) is 67.2 Å².